The molecule has 7 nitrogen and oxygen atoms in total. The lowest BCUT2D eigenvalue weighted by Crippen LogP contribution is -2.79. The fourth-order valence-electron chi connectivity index (χ4n) is 5.11. The number of amides is 2. The Kier molecular flexibility index (Phi) is 4.50. The lowest BCUT2D eigenvalue weighted by atomic mass is 9.79. The van der Waals surface area contributed by atoms with Crippen molar-refractivity contribution in [2.45, 2.75) is 62.8 Å². The van der Waals surface area contributed by atoms with E-state index in [0.29, 0.717) is 19.5 Å². The Morgan fingerprint density at radius 3 is 2.56 bits per heavy atom. The van der Waals surface area contributed by atoms with Crippen LogP contribution in [-0.4, -0.2) is 94.6 Å². The van der Waals surface area contributed by atoms with E-state index in [4.69, 9.17) is 0 Å². The number of nitrogens with zero attached hydrogens (tertiary/aromatic N) is 3. The van der Waals surface area contributed by atoms with E-state index in [9.17, 15) is 14.7 Å². The van der Waals surface area contributed by atoms with Crippen LogP contribution in [0.25, 0.3) is 0 Å². The average Bonchev–Trinajstić information content (AvgIpc) is 2.83. The molecule has 1 spiro atoms. The minimum absolute atomic E-state index is 0.0274. The van der Waals surface area contributed by atoms with Gasteiger partial charge in [-0.05, 0) is 19.3 Å². The van der Waals surface area contributed by atoms with Gasteiger partial charge in [-0.2, -0.15) is 0 Å². The fraction of sp³-hybridized carbons (Fsp3) is 0.889. The van der Waals surface area contributed by atoms with Crippen molar-refractivity contribution in [3.05, 3.63) is 0 Å². The number of β-amino-alcohol motifs (C(OH)–C–C–N with tert-alkyl or cyclic N) is 1. The SMILES string of the molecule is CC(=O)NCCC(=O)N1CC2CC(O)CN2C2(C1)CN(C1CCC1)C2. The first-order chi connectivity index (χ1) is 12.0. The van der Waals surface area contributed by atoms with Crippen LogP contribution in [0.3, 0.4) is 0 Å². The molecule has 7 heteroatoms. The van der Waals surface area contributed by atoms with E-state index < -0.39 is 0 Å². The van der Waals surface area contributed by atoms with E-state index in [1.165, 1.54) is 26.2 Å². The largest absolute Gasteiger partial charge is 0.392 e. The number of hydrogen-bond donors (Lipinski definition) is 2. The molecule has 3 heterocycles. The smallest absolute Gasteiger partial charge is 0.224 e. The fourth-order valence-corrected chi connectivity index (χ4v) is 5.11. The number of aliphatic hydroxyl groups excluding tert-OH is 1. The maximum absolute atomic E-state index is 12.6. The number of carbonyl (C=O) groups is 2. The van der Waals surface area contributed by atoms with Crippen molar-refractivity contribution in [1.29, 1.82) is 0 Å². The molecule has 0 radical (unpaired) electrons. The number of likely N-dealkylation sites (tertiary alicyclic amines) is 1. The van der Waals surface area contributed by atoms with Gasteiger partial charge in [-0.15, -0.1) is 0 Å². The molecule has 4 fully saturated rings. The van der Waals surface area contributed by atoms with E-state index in [0.717, 1.165) is 38.6 Å². The summed E-state index contributed by atoms with van der Waals surface area (Å²) in [6.45, 7) is 6.15. The second-order valence-electron chi connectivity index (χ2n) is 8.42. The Balaban J connectivity index is 1.41. The van der Waals surface area contributed by atoms with E-state index in [2.05, 4.69) is 15.1 Å². The van der Waals surface area contributed by atoms with Crippen molar-refractivity contribution < 1.29 is 14.7 Å². The number of nitrogens with one attached hydrogen (secondary N) is 1. The van der Waals surface area contributed by atoms with Gasteiger partial charge in [-0.25, -0.2) is 0 Å². The molecular weight excluding hydrogens is 320 g/mol. The van der Waals surface area contributed by atoms with E-state index in [1.54, 1.807) is 0 Å². The summed E-state index contributed by atoms with van der Waals surface area (Å²) in [4.78, 5) is 30.7. The second kappa shape index (κ2) is 6.52. The van der Waals surface area contributed by atoms with Crippen molar-refractivity contribution in [3.63, 3.8) is 0 Å². The number of hydrogen-bond acceptors (Lipinski definition) is 5. The third-order valence-electron chi connectivity index (χ3n) is 6.57. The molecule has 25 heavy (non-hydrogen) atoms. The topological polar surface area (TPSA) is 76.1 Å². The lowest BCUT2D eigenvalue weighted by Gasteiger charge is -2.63. The van der Waals surface area contributed by atoms with E-state index >= 15 is 0 Å². The molecule has 1 saturated carbocycles. The predicted octanol–water partition coefficient (Wildman–Crippen LogP) is -0.603. The van der Waals surface area contributed by atoms with Gasteiger partial charge in [-0.1, -0.05) is 6.42 Å². The highest BCUT2D eigenvalue weighted by Crippen LogP contribution is 2.42. The highest BCUT2D eigenvalue weighted by atomic mass is 16.3. The van der Waals surface area contributed by atoms with Crippen LogP contribution < -0.4 is 5.32 Å². The third kappa shape index (κ3) is 3.17. The molecule has 0 aromatic heterocycles. The number of aliphatic hydroxyl groups is 1. The van der Waals surface area contributed by atoms with E-state index in [-0.39, 0.29) is 29.5 Å². The van der Waals surface area contributed by atoms with Crippen LogP contribution in [0.15, 0.2) is 0 Å². The second-order valence-corrected chi connectivity index (χ2v) is 8.42. The zero-order chi connectivity index (χ0) is 17.6. The molecule has 0 aromatic carbocycles. The van der Waals surface area contributed by atoms with Crippen LogP contribution in [0.2, 0.25) is 0 Å². The highest BCUT2D eigenvalue weighted by Gasteiger charge is 2.57. The third-order valence-corrected chi connectivity index (χ3v) is 6.57. The van der Waals surface area contributed by atoms with Crippen LogP contribution in [0.4, 0.5) is 0 Å². The summed E-state index contributed by atoms with van der Waals surface area (Å²) in [5.41, 5.74) is 0.0274. The number of carbonyl (C=O) groups excluding carboxylic acids is 2. The van der Waals surface area contributed by atoms with Crippen molar-refractivity contribution in [2.75, 3.05) is 39.3 Å². The van der Waals surface area contributed by atoms with E-state index in [1.807, 2.05) is 4.90 Å². The molecule has 0 aromatic rings. The van der Waals surface area contributed by atoms with Gasteiger partial charge in [0.2, 0.25) is 11.8 Å². The zero-order valence-electron chi connectivity index (χ0n) is 15.1. The first kappa shape index (κ1) is 17.2. The Morgan fingerprint density at radius 2 is 1.92 bits per heavy atom. The number of rotatable bonds is 4. The molecule has 2 amide bonds. The monoisotopic (exact) mass is 350 g/mol. The summed E-state index contributed by atoms with van der Waals surface area (Å²) >= 11 is 0. The molecular formula is C18H30N4O3. The maximum Gasteiger partial charge on any atom is 0.224 e. The van der Waals surface area contributed by atoms with Gasteiger partial charge < -0.3 is 15.3 Å². The van der Waals surface area contributed by atoms with Gasteiger partial charge in [0.15, 0.2) is 0 Å². The molecule has 1 aliphatic carbocycles. The van der Waals surface area contributed by atoms with Gasteiger partial charge in [0.25, 0.3) is 0 Å². The normalized spacial score (nSPS) is 32.2. The minimum Gasteiger partial charge on any atom is -0.392 e. The summed E-state index contributed by atoms with van der Waals surface area (Å²) < 4.78 is 0. The molecule has 140 valence electrons. The Morgan fingerprint density at radius 1 is 1.16 bits per heavy atom. The Labute approximate surface area is 149 Å². The quantitative estimate of drug-likeness (QED) is 0.708. The van der Waals surface area contributed by atoms with Crippen LogP contribution in [0, 0.1) is 0 Å². The average molecular weight is 350 g/mol. The van der Waals surface area contributed by atoms with Crippen LogP contribution in [0.1, 0.15) is 39.0 Å². The molecule has 3 aliphatic heterocycles. The van der Waals surface area contributed by atoms with Gasteiger partial charge >= 0.3 is 0 Å². The Bertz CT molecular complexity index is 544. The summed E-state index contributed by atoms with van der Waals surface area (Å²) in [6, 6.07) is 1.01. The van der Waals surface area contributed by atoms with Crippen molar-refractivity contribution in [3.8, 4) is 0 Å². The van der Waals surface area contributed by atoms with Crippen LogP contribution in [-0.2, 0) is 9.59 Å². The highest BCUT2D eigenvalue weighted by molar-refractivity contribution is 5.78. The molecule has 4 rings (SSSR count). The zero-order valence-corrected chi connectivity index (χ0v) is 15.1. The van der Waals surface area contributed by atoms with Gasteiger partial charge in [0.05, 0.1) is 11.6 Å². The summed E-state index contributed by atoms with van der Waals surface area (Å²) in [7, 11) is 0. The molecule has 0 bridgehead atoms. The van der Waals surface area contributed by atoms with Crippen molar-refractivity contribution in [1.82, 2.24) is 20.0 Å². The van der Waals surface area contributed by atoms with Gasteiger partial charge in [-0.3, -0.25) is 19.4 Å². The van der Waals surface area contributed by atoms with Crippen molar-refractivity contribution in [2.24, 2.45) is 0 Å². The standard InChI is InChI=1S/C18H30N4O3/c1-13(23)19-6-5-17(25)20-8-15-7-16(24)9-22(15)18(10-20)11-21(12-18)14-3-2-4-14/h14-16,24H,2-12H2,1H3,(H,19,23). The first-order valence-electron chi connectivity index (χ1n) is 9.68. The predicted molar refractivity (Wildman–Crippen MR) is 92.9 cm³/mol. The first-order valence-corrected chi connectivity index (χ1v) is 9.68. The minimum atomic E-state index is -0.269. The molecule has 2 atom stereocenters. The van der Waals surface area contributed by atoms with Gasteiger partial charge in [0.1, 0.15) is 0 Å². The molecule has 2 unspecified atom stereocenters. The van der Waals surface area contributed by atoms with Crippen LogP contribution >= 0.6 is 0 Å². The van der Waals surface area contributed by atoms with Crippen molar-refractivity contribution >= 4 is 11.8 Å². The summed E-state index contributed by atoms with van der Waals surface area (Å²) in [5.74, 6) is 0.0272. The number of fused-ring (bicyclic) bond motifs is 2. The summed E-state index contributed by atoms with van der Waals surface area (Å²) in [5, 5.41) is 12.9. The molecule has 3 saturated heterocycles. The van der Waals surface area contributed by atoms with Gasteiger partial charge in [0, 0.05) is 64.7 Å². The lowest BCUT2D eigenvalue weighted by molar-refractivity contribution is -0.156. The summed E-state index contributed by atoms with van der Waals surface area (Å²) in [6.07, 6.45) is 4.81. The molecule has 4 aliphatic rings. The number of piperazine rings is 1. The molecule has 2 N–H and O–H groups in total. The Hall–Kier alpha value is -1.18. The van der Waals surface area contributed by atoms with Crippen LogP contribution in [0.5, 0.6) is 0 Å². The maximum atomic E-state index is 12.6.